The number of anilines is 1. The molecule has 0 aliphatic carbocycles. The summed E-state index contributed by atoms with van der Waals surface area (Å²) in [6.45, 7) is 0.677. The maximum atomic E-state index is 8.42. The van der Waals surface area contributed by atoms with Crippen LogP contribution >= 0.6 is 0 Å². The Hall–Kier alpha value is -2.41. The second-order valence-corrected chi connectivity index (χ2v) is 3.41. The predicted octanol–water partition coefficient (Wildman–Crippen LogP) is 2.79. The second kappa shape index (κ2) is 5.61. The minimum atomic E-state index is 0.0572. The molecule has 4 heteroatoms. The normalized spacial score (nSPS) is 9.59. The summed E-state index contributed by atoms with van der Waals surface area (Å²) in [4.78, 5) is 0. The summed E-state index contributed by atoms with van der Waals surface area (Å²) < 4.78 is 10.4. The molecule has 0 aliphatic rings. The van der Waals surface area contributed by atoms with E-state index in [4.69, 9.17) is 14.4 Å². The summed E-state index contributed by atoms with van der Waals surface area (Å²) in [7, 11) is 0. The number of nitrogens with zero attached hydrogens (tertiary/aromatic N) is 1. The molecule has 0 spiro atoms. The SMILES string of the molecule is N#CCOc1cccc(NCc2ccco2)c1. The highest BCUT2D eigenvalue weighted by Crippen LogP contribution is 2.18. The van der Waals surface area contributed by atoms with Crippen LogP contribution in [0.1, 0.15) is 5.76 Å². The molecule has 0 saturated carbocycles. The van der Waals surface area contributed by atoms with Gasteiger partial charge < -0.3 is 14.5 Å². The topological polar surface area (TPSA) is 58.2 Å². The first kappa shape index (κ1) is 11.1. The molecule has 0 bridgehead atoms. The number of ether oxygens (including phenoxy) is 1. The zero-order valence-electron chi connectivity index (χ0n) is 9.22. The van der Waals surface area contributed by atoms with Gasteiger partial charge in [0.2, 0.25) is 0 Å². The van der Waals surface area contributed by atoms with E-state index in [1.165, 1.54) is 0 Å². The number of nitriles is 1. The molecule has 86 valence electrons. The molecule has 4 nitrogen and oxygen atoms in total. The maximum absolute atomic E-state index is 8.42. The summed E-state index contributed by atoms with van der Waals surface area (Å²) in [6.07, 6.45) is 1.64. The zero-order chi connectivity index (χ0) is 11.9. The van der Waals surface area contributed by atoms with Crippen molar-refractivity contribution in [3.63, 3.8) is 0 Å². The van der Waals surface area contributed by atoms with Crippen molar-refractivity contribution in [2.45, 2.75) is 6.54 Å². The average Bonchev–Trinajstić information content (AvgIpc) is 2.87. The van der Waals surface area contributed by atoms with Crippen molar-refractivity contribution >= 4 is 5.69 Å². The Labute approximate surface area is 99.4 Å². The van der Waals surface area contributed by atoms with Gasteiger partial charge in [-0.2, -0.15) is 5.26 Å². The minimum Gasteiger partial charge on any atom is -0.479 e. The molecular weight excluding hydrogens is 216 g/mol. The van der Waals surface area contributed by atoms with Crippen molar-refractivity contribution in [3.8, 4) is 11.8 Å². The fourth-order valence-electron chi connectivity index (χ4n) is 1.41. The maximum Gasteiger partial charge on any atom is 0.174 e. The highest BCUT2D eigenvalue weighted by Gasteiger charge is 1.98. The second-order valence-electron chi connectivity index (χ2n) is 3.41. The van der Waals surface area contributed by atoms with E-state index >= 15 is 0 Å². The first-order chi connectivity index (χ1) is 8.38. The summed E-state index contributed by atoms with van der Waals surface area (Å²) in [6, 6.07) is 13.2. The van der Waals surface area contributed by atoms with Crippen LogP contribution in [0.3, 0.4) is 0 Å². The molecular formula is C13H12N2O2. The lowest BCUT2D eigenvalue weighted by molar-refractivity contribution is 0.368. The number of rotatable bonds is 5. The Bertz CT molecular complexity index is 500. The van der Waals surface area contributed by atoms with E-state index in [2.05, 4.69) is 5.32 Å². The Balaban J connectivity index is 1.94. The van der Waals surface area contributed by atoms with Gasteiger partial charge in [-0.3, -0.25) is 0 Å². The molecule has 0 amide bonds. The monoisotopic (exact) mass is 228 g/mol. The standard InChI is InChI=1S/C13H12N2O2/c14-6-8-17-12-4-1-3-11(9-12)15-10-13-5-2-7-16-13/h1-5,7,9,15H,8,10H2. The van der Waals surface area contributed by atoms with E-state index in [0.717, 1.165) is 11.4 Å². The fraction of sp³-hybridized carbons (Fsp3) is 0.154. The summed E-state index contributed by atoms with van der Waals surface area (Å²) in [5, 5.41) is 11.6. The van der Waals surface area contributed by atoms with Gasteiger partial charge in [-0.05, 0) is 24.3 Å². The lowest BCUT2D eigenvalue weighted by atomic mass is 10.3. The van der Waals surface area contributed by atoms with Crippen molar-refractivity contribution in [1.82, 2.24) is 0 Å². The van der Waals surface area contributed by atoms with E-state index in [1.54, 1.807) is 6.26 Å². The van der Waals surface area contributed by atoms with Gasteiger partial charge in [0, 0.05) is 11.8 Å². The highest BCUT2D eigenvalue weighted by atomic mass is 16.5. The van der Waals surface area contributed by atoms with Gasteiger partial charge in [-0.25, -0.2) is 0 Å². The lowest BCUT2D eigenvalue weighted by Crippen LogP contribution is -1.99. The van der Waals surface area contributed by atoms with Crippen LogP contribution in [0.2, 0.25) is 0 Å². The molecule has 0 unspecified atom stereocenters. The first-order valence-electron chi connectivity index (χ1n) is 5.24. The van der Waals surface area contributed by atoms with E-state index in [0.29, 0.717) is 12.3 Å². The third-order valence-corrected chi connectivity index (χ3v) is 2.18. The first-order valence-corrected chi connectivity index (χ1v) is 5.24. The molecule has 2 rings (SSSR count). The Morgan fingerprint density at radius 1 is 1.29 bits per heavy atom. The summed E-state index contributed by atoms with van der Waals surface area (Å²) in [5.41, 5.74) is 0.928. The van der Waals surface area contributed by atoms with Crippen LogP contribution in [-0.4, -0.2) is 6.61 Å². The van der Waals surface area contributed by atoms with E-state index in [-0.39, 0.29) is 6.61 Å². The molecule has 1 aromatic carbocycles. The van der Waals surface area contributed by atoms with E-state index < -0.39 is 0 Å². The number of hydrogen-bond donors (Lipinski definition) is 1. The molecule has 0 aliphatic heterocycles. The number of benzene rings is 1. The lowest BCUT2D eigenvalue weighted by Gasteiger charge is -2.06. The van der Waals surface area contributed by atoms with Gasteiger partial charge >= 0.3 is 0 Å². The van der Waals surface area contributed by atoms with Gasteiger partial charge in [-0.1, -0.05) is 6.07 Å². The van der Waals surface area contributed by atoms with Crippen molar-refractivity contribution in [1.29, 1.82) is 5.26 Å². The van der Waals surface area contributed by atoms with E-state index in [9.17, 15) is 0 Å². The van der Waals surface area contributed by atoms with Crippen molar-refractivity contribution in [2.75, 3.05) is 11.9 Å². The molecule has 1 aromatic heterocycles. The van der Waals surface area contributed by atoms with E-state index in [1.807, 2.05) is 42.5 Å². The van der Waals surface area contributed by atoms with Crippen LogP contribution in [0.25, 0.3) is 0 Å². The molecule has 0 radical (unpaired) electrons. The largest absolute Gasteiger partial charge is 0.479 e. The van der Waals surface area contributed by atoms with Crippen LogP contribution in [0.4, 0.5) is 5.69 Å². The highest BCUT2D eigenvalue weighted by molar-refractivity contribution is 5.48. The molecule has 2 aromatic rings. The molecule has 17 heavy (non-hydrogen) atoms. The molecule has 0 fully saturated rings. The number of hydrogen-bond acceptors (Lipinski definition) is 4. The van der Waals surface area contributed by atoms with Crippen LogP contribution in [-0.2, 0) is 6.54 Å². The van der Waals surface area contributed by atoms with Crippen LogP contribution < -0.4 is 10.1 Å². The van der Waals surface area contributed by atoms with Gasteiger partial charge in [0.25, 0.3) is 0 Å². The van der Waals surface area contributed by atoms with Gasteiger partial charge in [0.1, 0.15) is 17.6 Å². The molecule has 1 heterocycles. The van der Waals surface area contributed by atoms with Gasteiger partial charge in [0.05, 0.1) is 12.8 Å². The third-order valence-electron chi connectivity index (χ3n) is 2.18. The fourth-order valence-corrected chi connectivity index (χ4v) is 1.41. The van der Waals surface area contributed by atoms with Crippen molar-refractivity contribution in [2.24, 2.45) is 0 Å². The summed E-state index contributed by atoms with van der Waals surface area (Å²) in [5.74, 6) is 1.55. The third kappa shape index (κ3) is 3.28. The van der Waals surface area contributed by atoms with Crippen LogP contribution in [0.5, 0.6) is 5.75 Å². The predicted molar refractivity (Wildman–Crippen MR) is 63.6 cm³/mol. The van der Waals surface area contributed by atoms with Crippen molar-refractivity contribution in [3.05, 3.63) is 48.4 Å². The average molecular weight is 228 g/mol. The smallest absolute Gasteiger partial charge is 0.174 e. The van der Waals surface area contributed by atoms with Crippen molar-refractivity contribution < 1.29 is 9.15 Å². The Kier molecular flexibility index (Phi) is 3.66. The summed E-state index contributed by atoms with van der Waals surface area (Å²) >= 11 is 0. The van der Waals surface area contributed by atoms with Crippen LogP contribution in [0.15, 0.2) is 47.1 Å². The van der Waals surface area contributed by atoms with Gasteiger partial charge in [0.15, 0.2) is 6.61 Å². The molecule has 0 saturated heterocycles. The Morgan fingerprint density at radius 3 is 3.00 bits per heavy atom. The number of nitrogens with one attached hydrogen (secondary N) is 1. The van der Waals surface area contributed by atoms with Gasteiger partial charge in [-0.15, -0.1) is 0 Å². The molecule has 1 N–H and O–H groups in total. The van der Waals surface area contributed by atoms with Crippen LogP contribution in [0, 0.1) is 11.3 Å². The molecule has 0 atom stereocenters. The zero-order valence-corrected chi connectivity index (χ0v) is 9.22. The quantitative estimate of drug-likeness (QED) is 0.854. The Morgan fingerprint density at radius 2 is 2.24 bits per heavy atom. The minimum absolute atomic E-state index is 0.0572. The number of furan rings is 1.